The average Bonchev–Trinajstić information content (AvgIpc) is 2.91. The molecule has 13 heteroatoms. The lowest BCUT2D eigenvalue weighted by Gasteiger charge is -2.07. The van der Waals surface area contributed by atoms with Crippen LogP contribution in [0.5, 0.6) is 0 Å². The first-order valence-electron chi connectivity index (χ1n) is 6.20. The molecule has 2 rings (SSSR count). The summed E-state index contributed by atoms with van der Waals surface area (Å²) in [5.41, 5.74) is 5.57. The molecule has 1 atom stereocenters. The molecule has 0 bridgehead atoms. The number of alkyl halides is 3. The molecule has 0 radical (unpaired) electrons. The van der Waals surface area contributed by atoms with Crippen LogP contribution in [-0.2, 0) is 14.2 Å². The number of hydrogen-bond donors (Lipinski definition) is 1. The SMILES string of the molecule is Cc1nnc(N=Nc2ccc(N)cc2N=S(=O)(CF)OC(F)F)s1. The third-order valence-corrected chi connectivity index (χ3v) is 4.28. The Morgan fingerprint density at radius 2 is 2.08 bits per heavy atom. The first-order valence-corrected chi connectivity index (χ1v) is 8.62. The Kier molecular flexibility index (Phi) is 5.80. The minimum absolute atomic E-state index is 0.0242. The van der Waals surface area contributed by atoms with Gasteiger partial charge in [0.25, 0.3) is 5.13 Å². The van der Waals surface area contributed by atoms with Gasteiger partial charge in [0, 0.05) is 5.69 Å². The third kappa shape index (κ3) is 4.94. The number of nitrogens with zero attached hydrogens (tertiary/aromatic N) is 5. The van der Waals surface area contributed by atoms with Gasteiger partial charge in [-0.25, -0.2) is 12.8 Å². The predicted molar refractivity (Wildman–Crippen MR) is 83.0 cm³/mol. The van der Waals surface area contributed by atoms with Crippen molar-refractivity contribution in [3.63, 3.8) is 0 Å². The number of azo groups is 1. The molecule has 2 aromatic rings. The summed E-state index contributed by atoms with van der Waals surface area (Å²) in [6.45, 7) is -1.73. The largest absolute Gasteiger partial charge is 0.399 e. The summed E-state index contributed by atoms with van der Waals surface area (Å²) in [6.07, 6.45) is 0. The zero-order chi connectivity index (χ0) is 17.7. The van der Waals surface area contributed by atoms with Crippen LogP contribution >= 0.6 is 11.3 Å². The fourth-order valence-corrected chi connectivity index (χ4v) is 2.78. The summed E-state index contributed by atoms with van der Waals surface area (Å²) >= 11 is 1.16. The number of nitrogen functional groups attached to an aromatic ring is 1. The summed E-state index contributed by atoms with van der Waals surface area (Å²) in [6, 6.07) is 2.25. The second-order valence-electron chi connectivity index (χ2n) is 4.19. The Balaban J connectivity index is 2.44. The van der Waals surface area contributed by atoms with Crippen LogP contribution in [0.2, 0.25) is 0 Å². The molecule has 0 aliphatic heterocycles. The van der Waals surface area contributed by atoms with Gasteiger partial charge in [-0.2, -0.15) is 13.1 Å². The van der Waals surface area contributed by atoms with Gasteiger partial charge in [-0.15, -0.1) is 20.4 Å². The van der Waals surface area contributed by atoms with E-state index in [1.807, 2.05) is 0 Å². The fraction of sp³-hybridized carbons (Fsp3) is 0.273. The second kappa shape index (κ2) is 7.63. The van der Waals surface area contributed by atoms with Crippen molar-refractivity contribution in [2.45, 2.75) is 13.5 Å². The lowest BCUT2D eigenvalue weighted by molar-refractivity contribution is -0.0421. The van der Waals surface area contributed by atoms with Gasteiger partial charge in [-0.05, 0) is 25.1 Å². The van der Waals surface area contributed by atoms with Crippen molar-refractivity contribution in [1.29, 1.82) is 0 Å². The Labute approximate surface area is 139 Å². The highest BCUT2D eigenvalue weighted by atomic mass is 32.2. The van der Waals surface area contributed by atoms with E-state index in [1.165, 1.54) is 18.2 Å². The van der Waals surface area contributed by atoms with Crippen LogP contribution in [0.15, 0.2) is 32.8 Å². The van der Waals surface area contributed by atoms with E-state index in [-0.39, 0.29) is 22.2 Å². The molecule has 8 nitrogen and oxygen atoms in total. The van der Waals surface area contributed by atoms with Crippen molar-refractivity contribution >= 4 is 43.5 Å². The highest BCUT2D eigenvalue weighted by Gasteiger charge is 2.18. The lowest BCUT2D eigenvalue weighted by Crippen LogP contribution is -2.11. The van der Waals surface area contributed by atoms with Gasteiger partial charge in [0.15, 0.2) is 6.01 Å². The Bertz CT molecular complexity index is 863. The summed E-state index contributed by atoms with van der Waals surface area (Å²) < 4.78 is 56.5. The van der Waals surface area contributed by atoms with Crippen LogP contribution in [0.4, 0.5) is 35.4 Å². The highest BCUT2D eigenvalue weighted by Crippen LogP contribution is 2.33. The fourth-order valence-electron chi connectivity index (χ4n) is 1.46. The van der Waals surface area contributed by atoms with Crippen molar-refractivity contribution in [3.8, 4) is 0 Å². The number of halogens is 3. The molecule has 24 heavy (non-hydrogen) atoms. The van der Waals surface area contributed by atoms with E-state index in [1.54, 1.807) is 6.92 Å². The predicted octanol–water partition coefficient (Wildman–Crippen LogP) is 4.02. The van der Waals surface area contributed by atoms with Crippen molar-refractivity contribution in [2.24, 2.45) is 14.6 Å². The molecule has 2 N–H and O–H groups in total. The summed E-state index contributed by atoms with van der Waals surface area (Å²) in [7, 11) is -4.27. The van der Waals surface area contributed by atoms with Crippen molar-refractivity contribution in [2.75, 3.05) is 11.7 Å². The molecule has 0 aliphatic carbocycles. The van der Waals surface area contributed by atoms with Gasteiger partial charge < -0.3 is 5.73 Å². The summed E-state index contributed by atoms with van der Waals surface area (Å²) in [4.78, 5) is 0. The quantitative estimate of drug-likeness (QED) is 0.600. The van der Waals surface area contributed by atoms with Gasteiger partial charge in [0.1, 0.15) is 16.4 Å². The molecule has 1 heterocycles. The summed E-state index contributed by atoms with van der Waals surface area (Å²) in [5.74, 6) is 0. The zero-order valence-electron chi connectivity index (χ0n) is 12.1. The van der Waals surface area contributed by atoms with E-state index in [0.29, 0.717) is 5.01 Å². The van der Waals surface area contributed by atoms with Gasteiger partial charge >= 0.3 is 6.61 Å². The first kappa shape index (κ1) is 18.2. The van der Waals surface area contributed by atoms with Gasteiger partial charge in [-0.1, -0.05) is 11.3 Å². The molecular weight excluding hydrogens is 369 g/mol. The number of aromatic nitrogens is 2. The van der Waals surface area contributed by atoms with E-state index < -0.39 is 22.6 Å². The molecule has 0 spiro atoms. The second-order valence-corrected chi connectivity index (χ2v) is 7.11. The van der Waals surface area contributed by atoms with Crippen molar-refractivity contribution in [1.82, 2.24) is 10.2 Å². The van der Waals surface area contributed by atoms with E-state index in [2.05, 4.69) is 29.0 Å². The topological polar surface area (TPSA) is 115 Å². The maximum absolute atomic E-state index is 12.8. The third-order valence-electron chi connectivity index (χ3n) is 2.36. The zero-order valence-corrected chi connectivity index (χ0v) is 13.7. The van der Waals surface area contributed by atoms with Gasteiger partial charge in [0.05, 0.1) is 0 Å². The monoisotopic (exact) mass is 380 g/mol. The maximum Gasteiger partial charge on any atom is 0.357 e. The minimum Gasteiger partial charge on any atom is -0.399 e. The molecule has 0 fully saturated rings. The number of rotatable bonds is 6. The molecule has 1 unspecified atom stereocenters. The molecule has 1 aromatic heterocycles. The molecule has 0 saturated heterocycles. The van der Waals surface area contributed by atoms with Crippen LogP contribution in [0, 0.1) is 6.92 Å². The molecule has 0 aliphatic rings. The average molecular weight is 380 g/mol. The van der Waals surface area contributed by atoms with E-state index in [9.17, 15) is 17.4 Å². The molecular formula is C11H11F3N6O2S2. The normalized spacial score (nSPS) is 14.2. The van der Waals surface area contributed by atoms with E-state index in [0.717, 1.165) is 11.3 Å². The lowest BCUT2D eigenvalue weighted by atomic mass is 10.2. The number of aryl methyl sites for hydroxylation is 1. The molecule has 130 valence electrons. The van der Waals surface area contributed by atoms with E-state index in [4.69, 9.17) is 5.73 Å². The Hall–Kier alpha value is -2.12. The standard InChI is InChI=1S/C11H11F3N6O2S2/c1-6-16-18-11(23-6)19-17-8-3-2-7(15)4-9(8)20-24(21,5-12)22-10(13)14/h2-4,10H,5,15H2,1H3. The first-order chi connectivity index (χ1) is 11.3. The Morgan fingerprint density at radius 3 is 2.67 bits per heavy atom. The highest BCUT2D eigenvalue weighted by molar-refractivity contribution is 7.89. The number of nitrogens with two attached hydrogens (primary N) is 1. The number of benzene rings is 1. The molecule has 0 saturated carbocycles. The molecule has 1 aromatic carbocycles. The summed E-state index contributed by atoms with van der Waals surface area (Å²) in [5, 5.41) is 16.0. The van der Waals surface area contributed by atoms with E-state index >= 15 is 0 Å². The number of anilines is 1. The number of hydrogen-bond acceptors (Lipinski definition) is 9. The molecule has 0 amide bonds. The van der Waals surface area contributed by atoms with Crippen LogP contribution in [0.25, 0.3) is 0 Å². The van der Waals surface area contributed by atoms with Crippen molar-refractivity contribution in [3.05, 3.63) is 23.2 Å². The van der Waals surface area contributed by atoms with Crippen molar-refractivity contribution < 1.29 is 21.6 Å². The Morgan fingerprint density at radius 1 is 1.33 bits per heavy atom. The minimum atomic E-state index is -4.27. The van der Waals surface area contributed by atoms with Gasteiger partial charge in [0.2, 0.25) is 10.0 Å². The van der Waals surface area contributed by atoms with Crippen LogP contribution < -0.4 is 5.73 Å². The smallest absolute Gasteiger partial charge is 0.357 e. The maximum atomic E-state index is 12.8. The van der Waals surface area contributed by atoms with Crippen LogP contribution in [0.3, 0.4) is 0 Å². The van der Waals surface area contributed by atoms with Gasteiger partial charge in [-0.3, -0.25) is 0 Å². The van der Waals surface area contributed by atoms with Crippen LogP contribution in [0.1, 0.15) is 5.01 Å². The van der Waals surface area contributed by atoms with Crippen LogP contribution in [-0.4, -0.2) is 27.0 Å².